The normalized spacial score (nSPS) is 16.5. The van der Waals surface area contributed by atoms with Crippen LogP contribution in [0.25, 0.3) is 0 Å². The molecule has 0 saturated carbocycles. The van der Waals surface area contributed by atoms with Gasteiger partial charge in [-0.05, 0) is 45.6 Å². The Bertz CT molecular complexity index is 1040. The van der Waals surface area contributed by atoms with Gasteiger partial charge in [0.05, 0.1) is 20.3 Å². The Kier molecular flexibility index (Phi) is 10.00. The van der Waals surface area contributed by atoms with Crippen LogP contribution in [0.1, 0.15) is 46.8 Å². The van der Waals surface area contributed by atoms with Gasteiger partial charge in [0.25, 0.3) is 0 Å². The molecule has 1 N–H and O–H groups in total. The number of methoxy groups -OCH3 is 1. The lowest BCUT2D eigenvalue weighted by Crippen LogP contribution is -3.14. The molecule has 1 fully saturated rings. The molecule has 3 rings (SSSR count). The van der Waals surface area contributed by atoms with Gasteiger partial charge in [0.2, 0.25) is 0 Å². The van der Waals surface area contributed by atoms with Crippen molar-refractivity contribution in [2.75, 3.05) is 66.2 Å². The number of benzene rings is 1. The molecule has 36 heavy (non-hydrogen) atoms. The van der Waals surface area contributed by atoms with Gasteiger partial charge in [-0.15, -0.1) is 0 Å². The fourth-order valence-corrected chi connectivity index (χ4v) is 4.80. The van der Waals surface area contributed by atoms with Crippen LogP contribution in [-0.4, -0.2) is 78.2 Å². The molecule has 0 radical (unpaired) electrons. The number of esters is 2. The number of rotatable bonds is 12. The van der Waals surface area contributed by atoms with Gasteiger partial charge in [-0.3, -0.25) is 4.79 Å². The molecule has 1 aromatic rings. The summed E-state index contributed by atoms with van der Waals surface area (Å²) in [5.74, 6) is 0.331. The summed E-state index contributed by atoms with van der Waals surface area (Å²) in [4.78, 5) is 26.1. The number of hydrogen-bond donors (Lipinski definition) is 1. The summed E-state index contributed by atoms with van der Waals surface area (Å²) in [7, 11) is -0.921. The molecule has 0 spiro atoms. The first-order valence-electron chi connectivity index (χ1n) is 12.4. The van der Waals surface area contributed by atoms with Crippen molar-refractivity contribution in [2.24, 2.45) is 0 Å². The molecule has 2 aliphatic heterocycles. The molecule has 0 aromatic heterocycles. The summed E-state index contributed by atoms with van der Waals surface area (Å²) in [5.41, 5.74) is 3.66. The summed E-state index contributed by atoms with van der Waals surface area (Å²) in [6.07, 6.45) is 3.30. The number of carbonyl (C=O) groups excluding carboxylic acids is 2. The molecule has 1 aromatic carbocycles. The van der Waals surface area contributed by atoms with E-state index in [0.29, 0.717) is 48.5 Å². The second-order valence-corrected chi connectivity index (χ2v) is 13.2. The predicted octanol–water partition coefficient (Wildman–Crippen LogP) is 2.36. The van der Waals surface area contributed by atoms with E-state index in [1.807, 2.05) is 19.9 Å². The fraction of sp³-hybridized carbons (Fsp3) is 0.615. The van der Waals surface area contributed by atoms with Gasteiger partial charge in [0, 0.05) is 17.5 Å². The fourth-order valence-electron chi connectivity index (χ4n) is 4.36. The first kappa shape index (κ1) is 28.2. The van der Waals surface area contributed by atoms with Crippen molar-refractivity contribution in [2.45, 2.75) is 39.7 Å². The largest absolute Gasteiger partial charge is 0.496 e. The van der Waals surface area contributed by atoms with E-state index in [1.54, 1.807) is 20.4 Å². The van der Waals surface area contributed by atoms with Gasteiger partial charge in [-0.1, -0.05) is 11.6 Å². The highest BCUT2D eigenvalue weighted by Gasteiger charge is 2.33. The Labute approximate surface area is 213 Å². The van der Waals surface area contributed by atoms with Crippen LogP contribution >= 0.6 is 7.14 Å². The van der Waals surface area contributed by atoms with Crippen LogP contribution < -0.4 is 14.4 Å². The number of carbonyl (C=O) groups is 2. The molecular weight excluding hydrogens is 485 g/mol. The number of allylic oxidation sites excluding steroid dienone is 2. The summed E-state index contributed by atoms with van der Waals surface area (Å²) in [6, 6.07) is 0. The van der Waals surface area contributed by atoms with Crippen molar-refractivity contribution in [1.29, 1.82) is 0 Å². The lowest BCUT2D eigenvalue weighted by molar-refractivity contribution is -0.908. The van der Waals surface area contributed by atoms with Gasteiger partial charge in [-0.25, -0.2) is 4.79 Å². The number of quaternary nitrogens is 1. The van der Waals surface area contributed by atoms with Gasteiger partial charge < -0.3 is 33.1 Å². The third-order valence-corrected chi connectivity index (χ3v) is 7.19. The number of morpholine rings is 1. The van der Waals surface area contributed by atoms with E-state index in [4.69, 9.17) is 23.7 Å². The van der Waals surface area contributed by atoms with E-state index in [9.17, 15) is 14.2 Å². The monoisotopic (exact) mass is 524 g/mol. The minimum atomic E-state index is -2.50. The molecule has 0 bridgehead atoms. The smallest absolute Gasteiger partial charge is 0.342 e. The molecule has 2 aliphatic rings. The highest BCUT2D eigenvalue weighted by atomic mass is 31.2. The molecule has 200 valence electrons. The maximum absolute atomic E-state index is 12.5. The lowest BCUT2D eigenvalue weighted by atomic mass is 9.94. The van der Waals surface area contributed by atoms with E-state index < -0.39 is 13.1 Å². The van der Waals surface area contributed by atoms with E-state index in [0.717, 1.165) is 49.5 Å². The van der Waals surface area contributed by atoms with Crippen molar-refractivity contribution >= 4 is 19.1 Å². The van der Waals surface area contributed by atoms with Crippen LogP contribution in [0.3, 0.4) is 0 Å². The third-order valence-electron chi connectivity index (χ3n) is 6.44. The van der Waals surface area contributed by atoms with E-state index in [-0.39, 0.29) is 18.9 Å². The number of ether oxygens (including phenoxy) is 5. The van der Waals surface area contributed by atoms with Gasteiger partial charge in [0.15, 0.2) is 0 Å². The molecule has 0 aliphatic carbocycles. The molecule has 2 heterocycles. The Balaban J connectivity index is 1.67. The minimum absolute atomic E-state index is 0.00659. The van der Waals surface area contributed by atoms with Crippen LogP contribution in [0.5, 0.6) is 11.5 Å². The zero-order valence-corrected chi connectivity index (χ0v) is 23.0. The average molecular weight is 525 g/mol. The van der Waals surface area contributed by atoms with Crippen molar-refractivity contribution in [3.63, 3.8) is 0 Å². The lowest BCUT2D eigenvalue weighted by Gasteiger charge is -2.23. The van der Waals surface area contributed by atoms with Crippen LogP contribution in [0, 0.1) is 6.92 Å². The second kappa shape index (κ2) is 12.7. The third kappa shape index (κ3) is 7.58. The Hall–Kier alpha value is -2.35. The molecule has 1 saturated heterocycles. The van der Waals surface area contributed by atoms with Crippen molar-refractivity contribution in [3.05, 3.63) is 33.9 Å². The molecular formula is C26H39NO8P+. The number of nitrogens with one attached hydrogen (secondary N) is 1. The topological polar surface area (TPSA) is 102 Å². The zero-order chi connectivity index (χ0) is 26.3. The highest BCUT2D eigenvalue weighted by Crippen LogP contribution is 2.45. The zero-order valence-electron chi connectivity index (χ0n) is 22.1. The van der Waals surface area contributed by atoms with Crippen LogP contribution in [-0.2, 0) is 36.6 Å². The number of hydrogen-bond acceptors (Lipinski definition) is 8. The molecule has 0 amide bonds. The maximum Gasteiger partial charge on any atom is 0.342 e. The van der Waals surface area contributed by atoms with E-state index >= 15 is 0 Å². The molecule has 9 nitrogen and oxygen atoms in total. The molecule has 0 atom stereocenters. The average Bonchev–Trinajstić information content (AvgIpc) is 3.22. The predicted molar refractivity (Wildman–Crippen MR) is 136 cm³/mol. The van der Waals surface area contributed by atoms with Crippen molar-refractivity contribution in [1.82, 2.24) is 0 Å². The van der Waals surface area contributed by atoms with E-state index in [2.05, 4.69) is 0 Å². The summed E-state index contributed by atoms with van der Waals surface area (Å²) < 4.78 is 40.1. The highest BCUT2D eigenvalue weighted by molar-refractivity contribution is 7.62. The van der Waals surface area contributed by atoms with E-state index in [1.165, 1.54) is 4.90 Å². The van der Waals surface area contributed by atoms with Gasteiger partial charge >= 0.3 is 11.9 Å². The Morgan fingerprint density at radius 1 is 1.17 bits per heavy atom. The first-order chi connectivity index (χ1) is 17.1. The van der Waals surface area contributed by atoms with Crippen LogP contribution in [0.2, 0.25) is 0 Å². The summed E-state index contributed by atoms with van der Waals surface area (Å²) in [6.45, 7) is 11.9. The number of cyclic esters (lactones) is 1. The standard InChI is InChI=1S/C26H38NO8P/c1-18(7-9-22(28)33-15-12-27-10-13-32-14-11-27)6-8-20-24(31-3)19(2)21-16-34-26(29)23(21)25(20)35-17-36(4,5)30/h6H,7-17H2,1-5H3/p+1/b18-6+. The van der Waals surface area contributed by atoms with Crippen LogP contribution in [0.15, 0.2) is 11.6 Å². The Morgan fingerprint density at radius 2 is 1.89 bits per heavy atom. The minimum Gasteiger partial charge on any atom is -0.496 e. The van der Waals surface area contributed by atoms with Gasteiger partial charge in [0.1, 0.15) is 63.4 Å². The molecule has 0 unspecified atom stereocenters. The van der Waals surface area contributed by atoms with Gasteiger partial charge in [-0.2, -0.15) is 0 Å². The SMILES string of the molecule is COc1c(C)c2c(c(OCP(C)(C)=O)c1C/C=C(\C)CCC(=O)OCC[NH+]1CCOCC1)C(=O)OC2. The first-order valence-corrected chi connectivity index (χ1v) is 15.2. The summed E-state index contributed by atoms with van der Waals surface area (Å²) >= 11 is 0. The second-order valence-electron chi connectivity index (χ2n) is 9.83. The Morgan fingerprint density at radius 3 is 2.56 bits per heavy atom. The van der Waals surface area contributed by atoms with Crippen molar-refractivity contribution in [3.8, 4) is 11.5 Å². The van der Waals surface area contributed by atoms with Crippen molar-refractivity contribution < 1.29 is 42.7 Å². The quantitative estimate of drug-likeness (QED) is 0.253. The number of fused-ring (bicyclic) bond motifs is 1. The molecule has 10 heteroatoms. The maximum atomic E-state index is 12.5. The summed E-state index contributed by atoms with van der Waals surface area (Å²) in [5, 5.41) is 0. The van der Waals surface area contributed by atoms with Crippen LogP contribution in [0.4, 0.5) is 0 Å².